The highest BCUT2D eigenvalue weighted by Crippen LogP contribution is 2.38. The summed E-state index contributed by atoms with van der Waals surface area (Å²) in [7, 11) is 3.25. The number of morpholine rings is 1. The molecule has 0 atom stereocenters. The number of hydrogen-bond donors (Lipinski definition) is 0. The van der Waals surface area contributed by atoms with Gasteiger partial charge in [-0.25, -0.2) is 4.98 Å². The summed E-state index contributed by atoms with van der Waals surface area (Å²) in [6, 6.07) is 15.8. The molecule has 4 aromatic rings. The van der Waals surface area contributed by atoms with E-state index in [1.807, 2.05) is 48.5 Å². The standard InChI is InChI=1S/C28H31N3O4S.ClH/c1-19-9-10-23(33-2)25-26(19)36-28(29-25)31(12-6-11-30-13-15-35-16-14-30)27(32)22-17-20-7-4-5-8-21(20)18-24(22)34-3;/h4-5,7-10,17-18H,6,11-16H2,1-3H3;1H. The second kappa shape index (κ2) is 12.1. The van der Waals surface area contributed by atoms with Gasteiger partial charge in [0.05, 0.1) is 37.7 Å². The van der Waals surface area contributed by atoms with Gasteiger partial charge in [0.25, 0.3) is 5.91 Å². The van der Waals surface area contributed by atoms with Gasteiger partial charge in [-0.15, -0.1) is 12.4 Å². The molecule has 1 saturated heterocycles. The number of nitrogens with zero attached hydrogens (tertiary/aromatic N) is 3. The summed E-state index contributed by atoms with van der Waals surface area (Å²) in [5.74, 6) is 1.16. The fraction of sp³-hybridized carbons (Fsp3) is 0.357. The van der Waals surface area contributed by atoms with Crippen molar-refractivity contribution in [1.82, 2.24) is 9.88 Å². The lowest BCUT2D eigenvalue weighted by molar-refractivity contribution is 0.0376. The average molecular weight is 542 g/mol. The molecule has 1 aliphatic heterocycles. The highest BCUT2D eigenvalue weighted by molar-refractivity contribution is 7.22. The number of halogens is 1. The van der Waals surface area contributed by atoms with Crippen molar-refractivity contribution in [3.8, 4) is 11.5 Å². The van der Waals surface area contributed by atoms with Crippen molar-refractivity contribution in [1.29, 1.82) is 0 Å². The number of thiazole rings is 1. The molecule has 1 amide bonds. The van der Waals surface area contributed by atoms with Crippen molar-refractivity contribution in [2.45, 2.75) is 13.3 Å². The van der Waals surface area contributed by atoms with E-state index in [0.717, 1.165) is 65.8 Å². The van der Waals surface area contributed by atoms with Gasteiger partial charge in [-0.05, 0) is 47.9 Å². The van der Waals surface area contributed by atoms with E-state index in [4.69, 9.17) is 19.2 Å². The van der Waals surface area contributed by atoms with E-state index in [9.17, 15) is 4.79 Å². The van der Waals surface area contributed by atoms with Crippen LogP contribution < -0.4 is 14.4 Å². The van der Waals surface area contributed by atoms with Gasteiger partial charge in [-0.3, -0.25) is 14.6 Å². The largest absolute Gasteiger partial charge is 0.496 e. The number of carbonyl (C=O) groups excluding carboxylic acids is 1. The molecular weight excluding hydrogens is 510 g/mol. The number of rotatable bonds is 8. The Hall–Kier alpha value is -2.91. The highest BCUT2D eigenvalue weighted by atomic mass is 35.5. The van der Waals surface area contributed by atoms with Crippen molar-refractivity contribution in [3.05, 3.63) is 59.7 Å². The van der Waals surface area contributed by atoms with Gasteiger partial charge < -0.3 is 14.2 Å². The van der Waals surface area contributed by atoms with Crippen LogP contribution in [0.1, 0.15) is 22.3 Å². The number of aryl methyl sites for hydroxylation is 1. The molecule has 5 rings (SSSR count). The lowest BCUT2D eigenvalue weighted by atomic mass is 10.0. The van der Waals surface area contributed by atoms with E-state index in [1.165, 1.54) is 11.3 Å². The van der Waals surface area contributed by atoms with Gasteiger partial charge >= 0.3 is 0 Å². The summed E-state index contributed by atoms with van der Waals surface area (Å²) in [4.78, 5) is 23.2. The number of carbonyl (C=O) groups is 1. The molecular formula is C28H32ClN3O4S. The van der Waals surface area contributed by atoms with Crippen molar-refractivity contribution in [2.75, 3.05) is 58.5 Å². The lowest BCUT2D eigenvalue weighted by Crippen LogP contribution is -2.39. The molecule has 3 aromatic carbocycles. The van der Waals surface area contributed by atoms with Crippen LogP contribution in [0, 0.1) is 6.92 Å². The molecule has 1 aliphatic rings. The van der Waals surface area contributed by atoms with Gasteiger partial charge in [0, 0.05) is 26.2 Å². The molecule has 0 bridgehead atoms. The number of anilines is 1. The second-order valence-corrected chi connectivity index (χ2v) is 9.90. The summed E-state index contributed by atoms with van der Waals surface area (Å²) in [5.41, 5.74) is 2.43. The van der Waals surface area contributed by atoms with Crippen LogP contribution in [0.3, 0.4) is 0 Å². The van der Waals surface area contributed by atoms with Crippen molar-refractivity contribution in [2.24, 2.45) is 0 Å². The van der Waals surface area contributed by atoms with Gasteiger partial charge in [0.1, 0.15) is 17.0 Å². The third-order valence-electron chi connectivity index (χ3n) is 6.65. The van der Waals surface area contributed by atoms with Crippen molar-refractivity contribution < 1.29 is 19.0 Å². The molecule has 9 heteroatoms. The van der Waals surface area contributed by atoms with Crippen molar-refractivity contribution >= 4 is 55.8 Å². The summed E-state index contributed by atoms with van der Waals surface area (Å²) < 4.78 is 17.7. The number of aromatic nitrogens is 1. The van der Waals surface area contributed by atoms with E-state index in [0.29, 0.717) is 28.7 Å². The molecule has 0 N–H and O–H groups in total. The number of fused-ring (bicyclic) bond motifs is 2. The van der Waals surface area contributed by atoms with Crippen LogP contribution in [0.5, 0.6) is 11.5 Å². The van der Waals surface area contributed by atoms with Gasteiger partial charge in [-0.1, -0.05) is 41.7 Å². The first-order chi connectivity index (χ1) is 17.6. The molecule has 196 valence electrons. The van der Waals surface area contributed by atoms with E-state index in [2.05, 4.69) is 11.8 Å². The minimum atomic E-state index is -0.116. The lowest BCUT2D eigenvalue weighted by Gasteiger charge is -2.28. The predicted octanol–water partition coefficient (Wildman–Crippen LogP) is 5.57. The molecule has 0 radical (unpaired) electrons. The monoisotopic (exact) mass is 541 g/mol. The van der Waals surface area contributed by atoms with Crippen LogP contribution in [0.2, 0.25) is 0 Å². The molecule has 37 heavy (non-hydrogen) atoms. The summed E-state index contributed by atoms with van der Waals surface area (Å²) in [6.07, 6.45) is 0.827. The minimum absolute atomic E-state index is 0. The fourth-order valence-electron chi connectivity index (χ4n) is 4.64. The van der Waals surface area contributed by atoms with E-state index < -0.39 is 0 Å². The Morgan fingerprint density at radius 2 is 1.76 bits per heavy atom. The third-order valence-corrected chi connectivity index (χ3v) is 7.86. The summed E-state index contributed by atoms with van der Waals surface area (Å²) in [5, 5.41) is 2.70. The third kappa shape index (κ3) is 5.67. The van der Waals surface area contributed by atoms with Crippen LogP contribution in [-0.4, -0.2) is 69.4 Å². The maximum atomic E-state index is 14.1. The predicted molar refractivity (Wildman–Crippen MR) is 152 cm³/mol. The molecule has 7 nitrogen and oxygen atoms in total. The van der Waals surface area contributed by atoms with Crippen molar-refractivity contribution in [3.63, 3.8) is 0 Å². The smallest absolute Gasteiger partial charge is 0.263 e. The molecule has 0 aliphatic carbocycles. The zero-order valence-corrected chi connectivity index (χ0v) is 23.0. The summed E-state index contributed by atoms with van der Waals surface area (Å²) >= 11 is 1.53. The Balaban J connectivity index is 0.00000320. The van der Waals surface area contributed by atoms with Gasteiger partial charge in [0.15, 0.2) is 5.13 Å². The quantitative estimate of drug-likeness (QED) is 0.291. The minimum Gasteiger partial charge on any atom is -0.496 e. The Labute approximate surface area is 227 Å². The molecule has 1 fully saturated rings. The fourth-order valence-corrected chi connectivity index (χ4v) is 5.72. The number of amides is 1. The first-order valence-electron chi connectivity index (χ1n) is 12.2. The van der Waals surface area contributed by atoms with Crippen LogP contribution in [0.25, 0.3) is 21.0 Å². The zero-order chi connectivity index (χ0) is 25.1. The van der Waals surface area contributed by atoms with E-state index in [-0.39, 0.29) is 18.3 Å². The maximum absolute atomic E-state index is 14.1. The Kier molecular flexibility index (Phi) is 8.87. The molecule has 1 aromatic heterocycles. The summed E-state index contributed by atoms with van der Waals surface area (Å²) in [6.45, 7) is 6.86. The zero-order valence-electron chi connectivity index (χ0n) is 21.4. The average Bonchev–Trinajstić information content (AvgIpc) is 3.37. The van der Waals surface area contributed by atoms with E-state index in [1.54, 1.807) is 19.1 Å². The van der Waals surface area contributed by atoms with E-state index >= 15 is 0 Å². The Morgan fingerprint density at radius 1 is 1.05 bits per heavy atom. The SMILES string of the molecule is COc1cc2ccccc2cc1C(=O)N(CCCN1CCOCC1)c1nc2c(OC)ccc(C)c2s1.Cl. The normalized spacial score (nSPS) is 13.9. The Bertz CT molecular complexity index is 1390. The molecule has 0 saturated carbocycles. The Morgan fingerprint density at radius 3 is 2.46 bits per heavy atom. The topological polar surface area (TPSA) is 64.1 Å². The number of ether oxygens (including phenoxy) is 3. The highest BCUT2D eigenvalue weighted by Gasteiger charge is 2.26. The first kappa shape index (κ1) is 27.1. The number of benzene rings is 3. The van der Waals surface area contributed by atoms with Crippen LogP contribution >= 0.6 is 23.7 Å². The van der Waals surface area contributed by atoms with Crippen LogP contribution in [-0.2, 0) is 4.74 Å². The first-order valence-corrected chi connectivity index (χ1v) is 13.0. The molecule has 0 spiro atoms. The molecule has 2 heterocycles. The van der Waals surface area contributed by atoms with Crippen LogP contribution in [0.4, 0.5) is 5.13 Å². The van der Waals surface area contributed by atoms with Gasteiger partial charge in [-0.2, -0.15) is 0 Å². The van der Waals surface area contributed by atoms with Gasteiger partial charge in [0.2, 0.25) is 0 Å². The second-order valence-electron chi connectivity index (χ2n) is 8.92. The van der Waals surface area contributed by atoms with Crippen LogP contribution in [0.15, 0.2) is 48.5 Å². The number of methoxy groups -OCH3 is 2. The maximum Gasteiger partial charge on any atom is 0.263 e. The molecule has 0 unspecified atom stereocenters. The number of hydrogen-bond acceptors (Lipinski definition) is 7.